The largest absolute Gasteiger partial charge is 0.307 e. The predicted octanol–water partition coefficient (Wildman–Crippen LogP) is -0.322. The fourth-order valence-corrected chi connectivity index (χ4v) is 0.852. The van der Waals surface area contributed by atoms with Gasteiger partial charge in [-0.15, -0.1) is 0 Å². The van der Waals surface area contributed by atoms with Gasteiger partial charge in [0.1, 0.15) is 5.41 Å². The van der Waals surface area contributed by atoms with Crippen molar-refractivity contribution >= 4 is 15.6 Å². The van der Waals surface area contributed by atoms with Gasteiger partial charge < -0.3 is 4.79 Å². The van der Waals surface area contributed by atoms with Crippen molar-refractivity contribution in [3.63, 3.8) is 0 Å². The topological polar surface area (TPSA) is 17.1 Å². The van der Waals surface area contributed by atoms with Crippen LogP contribution in [0, 0.1) is 0 Å². The Balaban J connectivity index is 2.83. The van der Waals surface area contributed by atoms with Crippen molar-refractivity contribution in [1.82, 2.24) is 0 Å². The molecule has 0 aromatic heterocycles. The van der Waals surface area contributed by atoms with Crippen LogP contribution in [0.25, 0.3) is 0 Å². The van der Waals surface area contributed by atoms with Crippen molar-refractivity contribution in [2.24, 2.45) is 0 Å². The molecule has 0 aliphatic heterocycles. The van der Waals surface area contributed by atoms with E-state index in [9.17, 15) is 4.79 Å². The molecule has 0 aromatic rings. The van der Waals surface area contributed by atoms with Crippen LogP contribution in [0.15, 0.2) is 0 Å². The average molecular weight is 102 g/mol. The van der Waals surface area contributed by atoms with E-state index in [-0.39, 0.29) is 0 Å². The van der Waals surface area contributed by atoms with Gasteiger partial charge in [0.05, 0.1) is 10.2 Å². The predicted molar refractivity (Wildman–Crippen MR) is 29.9 cm³/mol. The van der Waals surface area contributed by atoms with Gasteiger partial charge in [-0.2, -0.15) is 0 Å². The fraction of sp³-hybridized carbons (Fsp3) is 0.750. The molecule has 0 unspecified atom stereocenters. The molecule has 0 atom stereocenters. The Morgan fingerprint density at radius 2 is 2.33 bits per heavy atom. The van der Waals surface area contributed by atoms with Crippen LogP contribution < -0.4 is 0 Å². The highest BCUT2D eigenvalue weighted by molar-refractivity contribution is 6.57. The van der Waals surface area contributed by atoms with Gasteiger partial charge in [-0.3, -0.25) is 0 Å². The molecule has 0 N–H and O–H groups in total. The Morgan fingerprint density at radius 1 is 1.83 bits per heavy atom. The lowest BCUT2D eigenvalue weighted by Gasteiger charge is -1.80. The quantitative estimate of drug-likeness (QED) is 0.437. The second-order valence-corrected chi connectivity index (χ2v) is 2.57. The fourth-order valence-electron chi connectivity index (χ4n) is 0.352. The lowest BCUT2D eigenvalue weighted by atomic mass is 10.4. The highest BCUT2D eigenvalue weighted by atomic mass is 28.1. The Labute approximate surface area is 41.2 Å². The van der Waals surface area contributed by atoms with Gasteiger partial charge in [0.25, 0.3) is 0 Å². The summed E-state index contributed by atoms with van der Waals surface area (Å²) in [6, 6.07) is 0. The zero-order valence-corrected chi connectivity index (χ0v) is 6.32. The van der Waals surface area contributed by atoms with E-state index >= 15 is 0 Å². The van der Waals surface area contributed by atoms with Gasteiger partial charge in [-0.05, 0) is 12.8 Å². The van der Waals surface area contributed by atoms with E-state index in [0.717, 1.165) is 23.1 Å². The molecule has 0 aromatic carbocycles. The lowest BCUT2D eigenvalue weighted by Crippen LogP contribution is -1.91. The van der Waals surface area contributed by atoms with E-state index in [1.54, 1.807) is 0 Å². The van der Waals surface area contributed by atoms with Crippen LogP contribution in [0.1, 0.15) is 19.8 Å². The molecule has 0 heterocycles. The number of hydrogen-bond acceptors (Lipinski definition) is 1. The minimum absolute atomic E-state index is 0.428. The molecular formula is C4H10OSi. The molecule has 0 bridgehead atoms. The lowest BCUT2D eigenvalue weighted by molar-refractivity contribution is -0.111. The molecule has 0 spiro atoms. The average Bonchev–Trinajstić information content (AvgIpc) is 1.35. The van der Waals surface area contributed by atoms with Crippen LogP contribution in [-0.4, -0.2) is 15.6 Å². The normalized spacial score (nSPS) is 8.83. The van der Waals surface area contributed by atoms with Gasteiger partial charge in [0, 0.05) is 0 Å². The smallest absolute Gasteiger partial charge is 0.100 e. The van der Waals surface area contributed by atoms with Crippen LogP contribution in [0.5, 0.6) is 0 Å². The Bertz CT molecular complexity index is 51.5. The van der Waals surface area contributed by atoms with Crippen LogP contribution in [0.2, 0.25) is 0 Å². The molecule has 0 radical (unpaired) electrons. The van der Waals surface area contributed by atoms with Gasteiger partial charge in [0.2, 0.25) is 0 Å². The number of carbonyl (C=O) groups is 1. The SMILES string of the molecule is CCCC(=O)[SiH3]. The van der Waals surface area contributed by atoms with Crippen molar-refractivity contribution in [3.8, 4) is 0 Å². The maximum atomic E-state index is 10.1. The summed E-state index contributed by atoms with van der Waals surface area (Å²) in [6.07, 6.45) is 1.81. The van der Waals surface area contributed by atoms with Gasteiger partial charge in [-0.25, -0.2) is 0 Å². The summed E-state index contributed by atoms with van der Waals surface area (Å²) in [4.78, 5) is 10.1. The summed E-state index contributed by atoms with van der Waals surface area (Å²) in [5.41, 5.74) is 0. The third-order valence-electron chi connectivity index (χ3n) is 0.602. The van der Waals surface area contributed by atoms with E-state index in [2.05, 4.69) is 0 Å². The first kappa shape index (κ1) is 5.89. The Kier molecular flexibility index (Phi) is 3.03. The molecule has 0 amide bonds. The first-order valence-electron chi connectivity index (χ1n) is 2.26. The molecule has 0 rings (SSSR count). The van der Waals surface area contributed by atoms with Crippen molar-refractivity contribution in [2.45, 2.75) is 19.8 Å². The molecule has 0 aliphatic carbocycles. The molecule has 6 heavy (non-hydrogen) atoms. The van der Waals surface area contributed by atoms with Crippen molar-refractivity contribution in [2.75, 3.05) is 0 Å². The van der Waals surface area contributed by atoms with Crippen molar-refractivity contribution < 1.29 is 4.79 Å². The molecule has 0 saturated carbocycles. The third kappa shape index (κ3) is 3.89. The zero-order valence-electron chi connectivity index (χ0n) is 4.32. The van der Waals surface area contributed by atoms with Crippen LogP contribution in [-0.2, 0) is 4.79 Å². The summed E-state index contributed by atoms with van der Waals surface area (Å²) in [5.74, 6) is 0. The van der Waals surface area contributed by atoms with E-state index in [4.69, 9.17) is 0 Å². The summed E-state index contributed by atoms with van der Waals surface area (Å²) >= 11 is 0. The second-order valence-electron chi connectivity index (χ2n) is 1.45. The summed E-state index contributed by atoms with van der Waals surface area (Å²) in [6.45, 7) is 2.02. The van der Waals surface area contributed by atoms with E-state index in [1.807, 2.05) is 6.92 Å². The third-order valence-corrected chi connectivity index (χ3v) is 1.10. The van der Waals surface area contributed by atoms with Gasteiger partial charge in [-0.1, -0.05) is 6.92 Å². The Hall–Kier alpha value is -0.113. The molecule has 0 aliphatic rings. The monoisotopic (exact) mass is 102 g/mol. The maximum absolute atomic E-state index is 10.1. The summed E-state index contributed by atoms with van der Waals surface area (Å²) < 4.78 is 0. The number of rotatable bonds is 2. The summed E-state index contributed by atoms with van der Waals surface area (Å²) in [5, 5.41) is 0.428. The van der Waals surface area contributed by atoms with E-state index in [1.165, 1.54) is 0 Å². The number of carbonyl (C=O) groups excluding carboxylic acids is 1. The van der Waals surface area contributed by atoms with Gasteiger partial charge >= 0.3 is 0 Å². The molecule has 1 nitrogen and oxygen atoms in total. The highest BCUT2D eigenvalue weighted by Gasteiger charge is 1.83. The van der Waals surface area contributed by atoms with Crippen molar-refractivity contribution in [3.05, 3.63) is 0 Å². The highest BCUT2D eigenvalue weighted by Crippen LogP contribution is 1.81. The van der Waals surface area contributed by atoms with Crippen molar-refractivity contribution in [1.29, 1.82) is 0 Å². The molecular weight excluding hydrogens is 92.1 g/mol. The minimum Gasteiger partial charge on any atom is -0.307 e. The first-order valence-corrected chi connectivity index (χ1v) is 3.26. The van der Waals surface area contributed by atoms with E-state index < -0.39 is 0 Å². The second kappa shape index (κ2) is 3.09. The first-order chi connectivity index (χ1) is 2.77. The molecule has 36 valence electrons. The van der Waals surface area contributed by atoms with Gasteiger partial charge in [0.15, 0.2) is 0 Å². The van der Waals surface area contributed by atoms with Crippen LogP contribution in [0.3, 0.4) is 0 Å². The van der Waals surface area contributed by atoms with Crippen LogP contribution in [0.4, 0.5) is 0 Å². The summed E-state index contributed by atoms with van der Waals surface area (Å²) in [7, 11) is 0.740. The number of hydrogen-bond donors (Lipinski definition) is 0. The molecule has 0 saturated heterocycles. The minimum atomic E-state index is 0.428. The standard InChI is InChI=1S/C4H10OSi/c1-2-3-4(5)6/h2-3H2,1,6H3. The molecule has 0 fully saturated rings. The van der Waals surface area contributed by atoms with E-state index in [0.29, 0.717) is 5.41 Å². The van der Waals surface area contributed by atoms with Crippen LogP contribution >= 0.6 is 0 Å². The Morgan fingerprint density at radius 3 is 2.33 bits per heavy atom. The zero-order chi connectivity index (χ0) is 4.99. The molecule has 2 heteroatoms. The maximum Gasteiger partial charge on any atom is 0.100 e.